The lowest BCUT2D eigenvalue weighted by atomic mass is 9.94. The van der Waals surface area contributed by atoms with Gasteiger partial charge in [0.2, 0.25) is 30.4 Å². The molecule has 17 nitrogen and oxygen atoms in total. The fourth-order valence-electron chi connectivity index (χ4n) is 5.71. The van der Waals surface area contributed by atoms with Crippen LogP contribution in [0.25, 0.3) is 0 Å². The van der Waals surface area contributed by atoms with Crippen LogP contribution in [0.5, 0.6) is 0 Å². The van der Waals surface area contributed by atoms with Gasteiger partial charge in [-0.1, -0.05) is 35.0 Å². The molecule has 268 valence electrons. The lowest BCUT2D eigenvalue weighted by Gasteiger charge is -2.57. The summed E-state index contributed by atoms with van der Waals surface area (Å²) in [5.41, 5.74) is -1.87. The molecule has 0 aliphatic carbocycles. The first-order chi connectivity index (χ1) is 24.3. The molecule has 8 amide bonds. The summed E-state index contributed by atoms with van der Waals surface area (Å²) in [6.45, 7) is 3.37. The van der Waals surface area contributed by atoms with E-state index in [0.29, 0.717) is 10.5 Å². The normalized spacial score (nSPS) is 20.6. The Morgan fingerprint density at radius 3 is 2.39 bits per heavy atom. The molecule has 4 heterocycles. The van der Waals surface area contributed by atoms with Crippen molar-refractivity contribution in [2.75, 3.05) is 43.2 Å². The van der Waals surface area contributed by atoms with Gasteiger partial charge in [0.15, 0.2) is 0 Å². The second-order valence-electron chi connectivity index (χ2n) is 11.5. The number of imide groups is 1. The van der Waals surface area contributed by atoms with E-state index in [4.69, 9.17) is 0 Å². The van der Waals surface area contributed by atoms with Crippen molar-refractivity contribution in [3.63, 3.8) is 0 Å². The zero-order valence-electron chi connectivity index (χ0n) is 27.7. The van der Waals surface area contributed by atoms with E-state index in [1.807, 2.05) is 0 Å². The lowest BCUT2D eigenvalue weighted by Crippen LogP contribution is -2.85. The second-order valence-corrected chi connectivity index (χ2v) is 13.6. The number of likely N-dealkylation sites (N-methyl/N-ethyl adjacent to an activating group) is 1. The summed E-state index contributed by atoms with van der Waals surface area (Å²) in [6.07, 6.45) is 3.53. The number of pyridine rings is 1. The summed E-state index contributed by atoms with van der Waals surface area (Å²) < 4.78 is 1.58. The van der Waals surface area contributed by atoms with Gasteiger partial charge >= 0.3 is 17.8 Å². The number of amides is 8. The molecule has 51 heavy (non-hydrogen) atoms. The van der Waals surface area contributed by atoms with E-state index in [9.17, 15) is 43.5 Å². The largest absolute Gasteiger partial charge is 0.543 e. The van der Waals surface area contributed by atoms with Gasteiger partial charge in [0.25, 0.3) is 11.8 Å². The van der Waals surface area contributed by atoms with Crippen LogP contribution in [0, 0.1) is 0 Å². The monoisotopic (exact) mass is 738 g/mol. The third-order valence-electron chi connectivity index (χ3n) is 8.55. The molecule has 2 saturated heterocycles. The highest BCUT2D eigenvalue weighted by atomic mass is 32.2. The first-order valence-electron chi connectivity index (χ1n) is 15.6. The number of thioether (sulfide) groups is 2. The third-order valence-corrected chi connectivity index (χ3v) is 11.0. The number of nitrogens with one attached hydrogen (secondary N) is 3. The Balaban J connectivity index is 1.36. The van der Waals surface area contributed by atoms with E-state index in [0.717, 1.165) is 21.6 Å². The van der Waals surface area contributed by atoms with Crippen LogP contribution in [-0.2, 0) is 33.6 Å². The number of hydrogen-bond donors (Lipinski definition) is 3. The van der Waals surface area contributed by atoms with Crippen LogP contribution in [0.1, 0.15) is 25.5 Å². The van der Waals surface area contributed by atoms with E-state index < -0.39 is 58.4 Å². The maximum absolute atomic E-state index is 13.9. The number of hydrogen-bond acceptors (Lipinski definition) is 11. The molecule has 3 aliphatic heterocycles. The second kappa shape index (κ2) is 15.2. The van der Waals surface area contributed by atoms with Gasteiger partial charge in [0.05, 0.1) is 18.7 Å². The quantitative estimate of drug-likeness (QED) is 0.0531. The molecular weight excluding hydrogens is 705 g/mol. The minimum absolute atomic E-state index is 0.0988. The maximum Gasteiger partial charge on any atom is 0.325 e. The molecule has 5 rings (SSSR count). The van der Waals surface area contributed by atoms with Gasteiger partial charge < -0.3 is 30.8 Å². The van der Waals surface area contributed by atoms with Crippen LogP contribution in [0.3, 0.4) is 0 Å². The number of fused-ring (bicyclic) bond motifs is 1. The molecule has 0 radical (unpaired) electrons. The van der Waals surface area contributed by atoms with E-state index in [1.54, 1.807) is 61.4 Å². The number of nitrogens with zero attached hydrogens (tertiary/aromatic N) is 5. The van der Waals surface area contributed by atoms with Gasteiger partial charge in [-0.15, -0.1) is 28.5 Å². The molecule has 1 aromatic heterocycles. The molecule has 19 heteroatoms. The molecule has 0 spiro atoms. The number of carbonyl (C=O) groups excluding carboxylic acids is 8. The maximum atomic E-state index is 13.9. The number of carbonyl (C=O) groups is 8. The Kier molecular flexibility index (Phi) is 11.0. The van der Waals surface area contributed by atoms with Crippen molar-refractivity contribution in [1.29, 1.82) is 0 Å². The van der Waals surface area contributed by atoms with Crippen molar-refractivity contribution in [3.8, 4) is 0 Å². The molecule has 2 fully saturated rings. The fourth-order valence-corrected chi connectivity index (χ4v) is 8.16. The van der Waals surface area contributed by atoms with Gasteiger partial charge in [0, 0.05) is 55.1 Å². The summed E-state index contributed by atoms with van der Waals surface area (Å²) in [7, 11) is 1.60. The predicted octanol–water partition coefficient (Wildman–Crippen LogP) is -2.20. The van der Waals surface area contributed by atoms with E-state index >= 15 is 0 Å². The zero-order chi connectivity index (χ0) is 37.0. The third kappa shape index (κ3) is 7.11. The smallest absolute Gasteiger partial charge is 0.325 e. The average molecular weight is 739 g/mol. The van der Waals surface area contributed by atoms with Gasteiger partial charge in [0.1, 0.15) is 11.4 Å². The van der Waals surface area contributed by atoms with Crippen LogP contribution in [0.15, 0.2) is 71.0 Å². The van der Waals surface area contributed by atoms with E-state index in [-0.39, 0.29) is 49.0 Å². The number of carboxylic acids is 1. The topological polar surface area (TPSA) is 213 Å². The zero-order valence-corrected chi connectivity index (χ0v) is 29.3. The number of benzene rings is 1. The van der Waals surface area contributed by atoms with E-state index in [2.05, 4.69) is 16.0 Å². The Labute approximate surface area is 300 Å². The molecule has 0 saturated carbocycles. The molecule has 3 aliphatic rings. The van der Waals surface area contributed by atoms with Crippen LogP contribution in [0.4, 0.5) is 4.79 Å². The first-order valence-corrected chi connectivity index (χ1v) is 17.6. The Morgan fingerprint density at radius 1 is 1.10 bits per heavy atom. The summed E-state index contributed by atoms with van der Waals surface area (Å²) in [5, 5.41) is 20.1. The van der Waals surface area contributed by atoms with Gasteiger partial charge in [-0.3, -0.25) is 38.6 Å². The molecular formula is C32H34N8O9S2. The number of piperazine rings is 1. The highest BCUT2D eigenvalue weighted by Gasteiger charge is 2.65. The molecule has 0 bridgehead atoms. The number of urea groups is 1. The Morgan fingerprint density at radius 2 is 1.78 bits per heavy atom. The fraction of sp³-hybridized carbons (Fsp3) is 0.344. The Bertz CT molecular complexity index is 1810. The molecule has 2 aromatic rings. The van der Waals surface area contributed by atoms with Crippen molar-refractivity contribution in [2.24, 2.45) is 0 Å². The highest BCUT2D eigenvalue weighted by Crippen LogP contribution is 2.45. The minimum atomic E-state index is -2.10. The molecule has 0 unspecified atom stereocenters. The average Bonchev–Trinajstić information content (AvgIpc) is 3.13. The number of aliphatic carboxylic acids is 1. The summed E-state index contributed by atoms with van der Waals surface area (Å²) in [5.74, 6) is -5.39. The molecule has 3 atom stereocenters. The first kappa shape index (κ1) is 36.8. The van der Waals surface area contributed by atoms with Crippen molar-refractivity contribution in [1.82, 2.24) is 30.7 Å². The predicted molar refractivity (Wildman–Crippen MR) is 179 cm³/mol. The van der Waals surface area contributed by atoms with Crippen molar-refractivity contribution in [2.45, 2.75) is 35.8 Å². The standard InChI is InChI=1S/C32H34N8O9S2/c1-4-37-14-15-39(27(45)26(37)44)31(49)34-23(20-8-6-5-7-9-20)25(43)35-32(33-18-41)29(48)40-24(28(46)47)21(17-51-30(32)40)16-50-22-10-12-38(13-11-22)36(3)19(2)42/h5-13,18,23,30H,4,14-17H2,1-3H3,(H3-,33,34,35,41,43,46,47,49)/t23-,30-,32-/m1/s1. The summed E-state index contributed by atoms with van der Waals surface area (Å²) in [6, 6.07) is 8.85. The van der Waals surface area contributed by atoms with Crippen molar-refractivity contribution < 1.29 is 48.1 Å². The molecule has 1 aromatic carbocycles. The van der Waals surface area contributed by atoms with Crippen LogP contribution < -0.4 is 30.7 Å². The van der Waals surface area contributed by atoms with E-state index in [1.165, 1.54) is 40.7 Å². The van der Waals surface area contributed by atoms with Gasteiger partial charge in [-0.25, -0.2) is 4.79 Å². The van der Waals surface area contributed by atoms with Crippen LogP contribution >= 0.6 is 23.5 Å². The summed E-state index contributed by atoms with van der Waals surface area (Å²) in [4.78, 5) is 106. The van der Waals surface area contributed by atoms with Gasteiger partial charge in [-0.05, 0) is 18.1 Å². The van der Waals surface area contributed by atoms with Crippen molar-refractivity contribution >= 4 is 71.5 Å². The number of rotatable bonds is 12. The van der Waals surface area contributed by atoms with Crippen LogP contribution in [-0.4, -0.2) is 112 Å². The lowest BCUT2D eigenvalue weighted by molar-refractivity contribution is -0.680. The number of carboxylic acid groups (broad SMARTS) is 1. The highest BCUT2D eigenvalue weighted by molar-refractivity contribution is 8.01. The minimum Gasteiger partial charge on any atom is -0.543 e. The van der Waals surface area contributed by atoms with Crippen molar-refractivity contribution in [3.05, 3.63) is 71.7 Å². The molecule has 3 N–H and O–H groups in total. The SMILES string of the molecule is CCN1CCN(C(=O)N[C@@H](C(=O)N[C@]2(NC=O)C(=O)N3C(C(=O)[O-])=C(CSc4cc[n+](N(C)C(C)=O)cc4)CS[C@@H]32)c2ccccc2)C(=O)C1=O. The number of aromatic nitrogens is 1. The summed E-state index contributed by atoms with van der Waals surface area (Å²) >= 11 is 2.40. The number of β-lactam (4-membered cyclic amide) rings is 1. The van der Waals surface area contributed by atoms with Gasteiger partial charge in [-0.2, -0.15) is 0 Å². The Hall–Kier alpha value is -5.43. The van der Waals surface area contributed by atoms with Crippen LogP contribution in [0.2, 0.25) is 0 Å².